The second-order valence-corrected chi connectivity index (χ2v) is 7.87. The van der Waals surface area contributed by atoms with Crippen molar-refractivity contribution in [3.63, 3.8) is 0 Å². The lowest BCUT2D eigenvalue weighted by Gasteiger charge is -2.14. The molecule has 146 valence electrons. The van der Waals surface area contributed by atoms with Crippen LogP contribution < -0.4 is 5.56 Å². The van der Waals surface area contributed by atoms with Crippen LogP contribution in [-0.4, -0.2) is 9.55 Å². The molecule has 5 heteroatoms. The van der Waals surface area contributed by atoms with E-state index >= 15 is 0 Å². The largest absolute Gasteiger partial charge is 0.268 e. The topological polar surface area (TPSA) is 34.9 Å². The van der Waals surface area contributed by atoms with Crippen LogP contribution >= 0.6 is 11.8 Å². The summed E-state index contributed by atoms with van der Waals surface area (Å²) < 4.78 is 16.0. The van der Waals surface area contributed by atoms with Gasteiger partial charge in [0.05, 0.1) is 16.6 Å². The molecule has 0 bridgehead atoms. The number of para-hydroxylation sites is 2. The highest BCUT2D eigenvalue weighted by molar-refractivity contribution is 7.98. The van der Waals surface area contributed by atoms with Crippen molar-refractivity contribution >= 4 is 33.4 Å². The van der Waals surface area contributed by atoms with E-state index in [-0.39, 0.29) is 11.2 Å². The van der Waals surface area contributed by atoms with Crippen LogP contribution in [0.4, 0.5) is 4.39 Å². The standard InChI is InChI=1S/C25H17FN2OS/c26-21-13-4-6-15-23(21)28-24(29)20-12-3-5-14-22(20)27-25(28)30-16-18-10-7-9-17-8-1-2-11-19(17)18/h1-15H,16H2. The van der Waals surface area contributed by atoms with Crippen LogP contribution in [0.3, 0.4) is 0 Å². The van der Waals surface area contributed by atoms with E-state index in [2.05, 4.69) is 24.3 Å². The van der Waals surface area contributed by atoms with E-state index < -0.39 is 5.82 Å². The summed E-state index contributed by atoms with van der Waals surface area (Å²) in [6.45, 7) is 0. The van der Waals surface area contributed by atoms with E-state index in [1.165, 1.54) is 22.4 Å². The molecule has 1 aromatic heterocycles. The van der Waals surface area contributed by atoms with Crippen LogP contribution in [0.25, 0.3) is 27.4 Å². The van der Waals surface area contributed by atoms with Crippen molar-refractivity contribution in [1.82, 2.24) is 9.55 Å². The number of hydrogen-bond donors (Lipinski definition) is 0. The molecule has 0 saturated carbocycles. The van der Waals surface area contributed by atoms with Gasteiger partial charge in [-0.15, -0.1) is 0 Å². The van der Waals surface area contributed by atoms with Gasteiger partial charge in [-0.25, -0.2) is 9.37 Å². The third kappa shape index (κ3) is 3.27. The van der Waals surface area contributed by atoms with E-state index in [4.69, 9.17) is 4.98 Å². The van der Waals surface area contributed by atoms with Crippen molar-refractivity contribution in [3.8, 4) is 5.69 Å². The zero-order valence-corrected chi connectivity index (χ0v) is 16.8. The minimum absolute atomic E-state index is 0.209. The minimum atomic E-state index is -0.455. The fourth-order valence-electron chi connectivity index (χ4n) is 3.62. The quantitative estimate of drug-likeness (QED) is 0.269. The van der Waals surface area contributed by atoms with Crippen molar-refractivity contribution < 1.29 is 4.39 Å². The highest BCUT2D eigenvalue weighted by atomic mass is 32.2. The monoisotopic (exact) mass is 412 g/mol. The second kappa shape index (κ2) is 7.76. The Morgan fingerprint density at radius 1 is 0.800 bits per heavy atom. The molecule has 0 N–H and O–H groups in total. The van der Waals surface area contributed by atoms with Crippen molar-refractivity contribution in [2.24, 2.45) is 0 Å². The third-order valence-electron chi connectivity index (χ3n) is 5.07. The Morgan fingerprint density at radius 3 is 2.37 bits per heavy atom. The smallest absolute Gasteiger partial charge is 0.266 e. The predicted molar refractivity (Wildman–Crippen MR) is 121 cm³/mol. The molecule has 0 unspecified atom stereocenters. The molecule has 0 aliphatic rings. The van der Waals surface area contributed by atoms with Gasteiger partial charge in [0.1, 0.15) is 5.82 Å². The van der Waals surface area contributed by atoms with Gasteiger partial charge in [0.2, 0.25) is 0 Å². The van der Waals surface area contributed by atoms with Crippen LogP contribution in [0.15, 0.2) is 101 Å². The summed E-state index contributed by atoms with van der Waals surface area (Å²) in [6, 6.07) is 27.8. The molecule has 3 nitrogen and oxygen atoms in total. The molecule has 1 heterocycles. The lowest BCUT2D eigenvalue weighted by Crippen LogP contribution is -2.22. The predicted octanol–water partition coefficient (Wildman–Crippen LogP) is 5.97. The van der Waals surface area contributed by atoms with Gasteiger partial charge >= 0.3 is 0 Å². The summed E-state index contributed by atoms with van der Waals surface area (Å²) >= 11 is 1.43. The van der Waals surface area contributed by atoms with Crippen molar-refractivity contribution in [2.45, 2.75) is 10.9 Å². The van der Waals surface area contributed by atoms with Crippen LogP contribution in [-0.2, 0) is 5.75 Å². The third-order valence-corrected chi connectivity index (χ3v) is 6.06. The SMILES string of the molecule is O=c1c2ccccc2nc(SCc2cccc3ccccc23)n1-c1ccccc1F. The minimum Gasteiger partial charge on any atom is -0.268 e. The number of fused-ring (bicyclic) bond motifs is 2. The Balaban J connectivity index is 1.65. The Morgan fingerprint density at radius 2 is 1.50 bits per heavy atom. The number of halogens is 1. The first-order chi connectivity index (χ1) is 14.7. The van der Waals surface area contributed by atoms with Gasteiger partial charge in [0.25, 0.3) is 5.56 Å². The summed E-state index contributed by atoms with van der Waals surface area (Å²) in [6.07, 6.45) is 0. The van der Waals surface area contributed by atoms with Gasteiger partial charge in [0, 0.05) is 5.75 Å². The molecule has 0 spiro atoms. The highest BCUT2D eigenvalue weighted by Crippen LogP contribution is 2.28. The summed E-state index contributed by atoms with van der Waals surface area (Å²) in [5.41, 5.74) is 1.68. The summed E-state index contributed by atoms with van der Waals surface area (Å²) in [4.78, 5) is 18.0. The zero-order valence-electron chi connectivity index (χ0n) is 16.0. The van der Waals surface area contributed by atoms with Gasteiger partial charge in [-0.05, 0) is 40.6 Å². The molecule has 5 rings (SSSR count). The van der Waals surface area contributed by atoms with Crippen molar-refractivity contribution in [3.05, 3.63) is 113 Å². The average Bonchev–Trinajstić information content (AvgIpc) is 2.78. The van der Waals surface area contributed by atoms with Gasteiger partial charge in [-0.3, -0.25) is 9.36 Å². The Bertz CT molecular complexity index is 1440. The van der Waals surface area contributed by atoms with Gasteiger partial charge < -0.3 is 0 Å². The van der Waals surface area contributed by atoms with Crippen molar-refractivity contribution in [2.75, 3.05) is 0 Å². The lowest BCUT2D eigenvalue weighted by molar-refractivity contribution is 0.608. The van der Waals surface area contributed by atoms with E-state index in [1.807, 2.05) is 30.3 Å². The van der Waals surface area contributed by atoms with Gasteiger partial charge in [-0.2, -0.15) is 0 Å². The molecule has 0 radical (unpaired) electrons. The molecule has 0 atom stereocenters. The van der Waals surface area contributed by atoms with Crippen LogP contribution in [0, 0.1) is 5.82 Å². The van der Waals surface area contributed by atoms with Gasteiger partial charge in [0.15, 0.2) is 5.16 Å². The number of hydrogen-bond acceptors (Lipinski definition) is 3. The van der Waals surface area contributed by atoms with Crippen LogP contribution in [0.2, 0.25) is 0 Å². The molecule has 0 aliphatic heterocycles. The molecule has 30 heavy (non-hydrogen) atoms. The molecule has 0 saturated heterocycles. The van der Waals surface area contributed by atoms with E-state index in [0.29, 0.717) is 21.8 Å². The van der Waals surface area contributed by atoms with Crippen LogP contribution in [0.1, 0.15) is 5.56 Å². The van der Waals surface area contributed by atoms with E-state index in [1.54, 1.807) is 30.3 Å². The van der Waals surface area contributed by atoms with Crippen LogP contribution in [0.5, 0.6) is 0 Å². The van der Waals surface area contributed by atoms with Gasteiger partial charge in [-0.1, -0.05) is 78.5 Å². The number of thioether (sulfide) groups is 1. The number of nitrogens with zero attached hydrogens (tertiary/aromatic N) is 2. The first-order valence-corrected chi connectivity index (χ1v) is 10.6. The van der Waals surface area contributed by atoms with E-state index in [0.717, 1.165) is 16.3 Å². The molecule has 0 fully saturated rings. The maximum absolute atomic E-state index is 14.6. The Kier molecular flexibility index (Phi) is 4.81. The molecular weight excluding hydrogens is 395 g/mol. The second-order valence-electron chi connectivity index (χ2n) is 6.93. The summed E-state index contributed by atoms with van der Waals surface area (Å²) in [7, 11) is 0. The summed E-state index contributed by atoms with van der Waals surface area (Å²) in [5, 5.41) is 3.26. The van der Waals surface area contributed by atoms with E-state index in [9.17, 15) is 9.18 Å². The molecule has 0 amide bonds. The molecule has 5 aromatic rings. The normalized spacial score (nSPS) is 11.2. The fourth-order valence-corrected chi connectivity index (χ4v) is 4.62. The summed E-state index contributed by atoms with van der Waals surface area (Å²) in [5.74, 6) is 0.157. The maximum atomic E-state index is 14.6. The lowest BCUT2D eigenvalue weighted by atomic mass is 10.1. The zero-order chi connectivity index (χ0) is 20.5. The number of rotatable bonds is 4. The molecule has 0 aliphatic carbocycles. The Hall–Kier alpha value is -3.44. The molecular formula is C25H17FN2OS. The van der Waals surface area contributed by atoms with Crippen molar-refractivity contribution in [1.29, 1.82) is 0 Å². The average molecular weight is 412 g/mol. The first kappa shape index (κ1) is 18.6. The molecule has 4 aromatic carbocycles. The maximum Gasteiger partial charge on any atom is 0.266 e. The first-order valence-electron chi connectivity index (χ1n) is 9.58. The fraction of sp³-hybridized carbons (Fsp3) is 0.0400. The Labute approximate surface area is 176 Å². The highest BCUT2D eigenvalue weighted by Gasteiger charge is 2.16. The number of benzene rings is 4. The number of aromatic nitrogens is 2.